The molecule has 4 saturated heterocycles. The van der Waals surface area contributed by atoms with E-state index < -0.39 is 166 Å². The molecule has 4 heterocycles. The van der Waals surface area contributed by atoms with E-state index in [1.54, 1.807) is 0 Å². The predicted molar refractivity (Wildman–Crippen MR) is 263 cm³/mol. The maximum absolute atomic E-state index is 12.4. The molecule has 0 radical (unpaired) electrons. The Labute approximate surface area is 444 Å². The fraction of sp³-hybridized carbons (Fsp3) is 0.963. The molecule has 76 heavy (non-hydrogen) atoms. The highest BCUT2D eigenvalue weighted by Gasteiger charge is 2.70. The number of allylic oxidation sites excluding steroid dienone is 2. The summed E-state index contributed by atoms with van der Waals surface area (Å²) < 4.78 is 48.6. The molecule has 29 atom stereocenters. The molecular formula is C54H90O22. The number of aliphatic hydroxyl groups is 14. The highest BCUT2D eigenvalue weighted by Crippen LogP contribution is 2.76. The van der Waals surface area contributed by atoms with E-state index in [0.717, 1.165) is 44.9 Å². The van der Waals surface area contributed by atoms with Crippen LogP contribution in [0.4, 0.5) is 0 Å². The zero-order valence-electron chi connectivity index (χ0n) is 45.2. The molecule has 0 amide bonds. The van der Waals surface area contributed by atoms with Gasteiger partial charge in [-0.3, -0.25) is 0 Å². The highest BCUT2D eigenvalue weighted by molar-refractivity contribution is 5.35. The quantitative estimate of drug-likeness (QED) is 0.0776. The van der Waals surface area contributed by atoms with Gasteiger partial charge in [-0.05, 0) is 110 Å². The van der Waals surface area contributed by atoms with Gasteiger partial charge in [-0.25, -0.2) is 0 Å². The Morgan fingerprint density at radius 3 is 1.76 bits per heavy atom. The van der Waals surface area contributed by atoms with Gasteiger partial charge in [0, 0.05) is 5.41 Å². The van der Waals surface area contributed by atoms with Gasteiger partial charge in [0.05, 0.1) is 44.7 Å². The molecule has 0 bridgehead atoms. The Hall–Kier alpha value is -1.14. The van der Waals surface area contributed by atoms with Crippen molar-refractivity contribution in [3.05, 3.63) is 11.6 Å². The highest BCUT2D eigenvalue weighted by atomic mass is 16.8. The second-order valence-corrected chi connectivity index (χ2v) is 26.5. The van der Waals surface area contributed by atoms with E-state index in [4.69, 9.17) is 37.9 Å². The fourth-order valence-corrected chi connectivity index (χ4v) is 16.6. The number of fused-ring (bicyclic) bond motifs is 7. The molecule has 0 aromatic rings. The van der Waals surface area contributed by atoms with Crippen molar-refractivity contribution in [3.63, 3.8) is 0 Å². The molecule has 0 spiro atoms. The largest absolute Gasteiger partial charge is 0.396 e. The molecule has 4 saturated carbocycles. The minimum absolute atomic E-state index is 0.0421. The van der Waals surface area contributed by atoms with Crippen LogP contribution < -0.4 is 0 Å². The lowest BCUT2D eigenvalue weighted by molar-refractivity contribution is -0.395. The first-order valence-electron chi connectivity index (χ1n) is 27.8. The molecule has 14 N–H and O–H groups in total. The second-order valence-electron chi connectivity index (χ2n) is 26.5. The summed E-state index contributed by atoms with van der Waals surface area (Å²) in [7, 11) is 0. The van der Waals surface area contributed by atoms with Crippen molar-refractivity contribution in [2.24, 2.45) is 50.2 Å². The third kappa shape index (κ3) is 9.61. The third-order valence-electron chi connectivity index (χ3n) is 21.5. The smallest absolute Gasteiger partial charge is 0.187 e. The van der Waals surface area contributed by atoms with Crippen LogP contribution in [0, 0.1) is 50.2 Å². The van der Waals surface area contributed by atoms with Crippen LogP contribution in [0.1, 0.15) is 113 Å². The molecule has 0 aromatic carbocycles. The Morgan fingerprint density at radius 1 is 0.539 bits per heavy atom. The normalized spacial score (nSPS) is 55.1. The van der Waals surface area contributed by atoms with Crippen molar-refractivity contribution < 1.29 is 109 Å². The van der Waals surface area contributed by atoms with Crippen LogP contribution in [0.25, 0.3) is 0 Å². The van der Waals surface area contributed by atoms with Gasteiger partial charge >= 0.3 is 0 Å². The minimum Gasteiger partial charge on any atom is -0.396 e. The van der Waals surface area contributed by atoms with Crippen LogP contribution >= 0.6 is 0 Å². The SMILES string of the molecule is C[C@@H]1O[C@@H](O[C@H]2[C@H](O[C@H]3CC[C@]4(C)[C@H]5CC=C6[C@@H]7CC(C)(C)CC[C@]7(CO)[C@H](O)C[C@@]6(C)[C@]5(C)CC[C@H]4C3(C)C)O[C@H](CO)[C@H](O[C@@H]3O[C@H](CO[C@@H]4O[C@H](CO)[C@@H](O)[C@H](O)[C@H]4O)[C@H](O)[C@H](O)[C@H]3O)[C@@H]2O)[C@H](O)[C@H](O)[C@H]1O. The number of hydrogen-bond donors (Lipinski definition) is 14. The monoisotopic (exact) mass is 1090 g/mol. The molecule has 9 rings (SSSR count). The number of ether oxygens (including phenoxy) is 8. The molecule has 438 valence electrons. The fourth-order valence-electron chi connectivity index (χ4n) is 16.6. The standard InChI is InChI=1S/C54H90O22/c1-23-33(59)36(62)40(66)46(70-23)76-44-42(68)43(75-47-41(67)38(64)35(61)28(73-47)21-69-45-39(65)37(63)34(60)26(19-55)71-45)27(20-56)72-48(44)74-32-12-13-51(6)29(50(32,4)5)11-14-52(7)30(51)10-9-24-25-17-49(2,3)15-16-54(25,22-57)31(58)18-53(24,52)8/h9,23,25-48,55-68H,10-22H2,1-8H3/t23-,25-,26+,27+,28+,29-,30+,31+,32-,33-,34+,35-,36+,37-,38-,39+,40+,41+,42-,43-,44+,45+,46-,47-,48-,51-,52+,53+,54+/m0/s1. The van der Waals surface area contributed by atoms with Gasteiger partial charge < -0.3 is 109 Å². The number of aliphatic hydroxyl groups excluding tert-OH is 14. The summed E-state index contributed by atoms with van der Waals surface area (Å²) in [4.78, 5) is 0. The molecule has 22 heteroatoms. The van der Waals surface area contributed by atoms with Crippen molar-refractivity contribution in [2.45, 2.75) is 248 Å². The van der Waals surface area contributed by atoms with Gasteiger partial charge in [-0.15, -0.1) is 0 Å². The zero-order chi connectivity index (χ0) is 55.6. The lowest BCUT2D eigenvalue weighted by Crippen LogP contribution is -2.68. The Morgan fingerprint density at radius 2 is 1.12 bits per heavy atom. The maximum Gasteiger partial charge on any atom is 0.187 e. The average Bonchev–Trinajstić information content (AvgIpc) is 3.41. The summed E-state index contributed by atoms with van der Waals surface area (Å²) in [6, 6.07) is 0. The lowest BCUT2D eigenvalue weighted by atomic mass is 9.33. The van der Waals surface area contributed by atoms with Crippen LogP contribution in [0.5, 0.6) is 0 Å². The van der Waals surface area contributed by atoms with E-state index in [1.165, 1.54) is 12.5 Å². The van der Waals surface area contributed by atoms with E-state index in [2.05, 4.69) is 54.5 Å². The van der Waals surface area contributed by atoms with Gasteiger partial charge in [0.1, 0.15) is 91.6 Å². The summed E-state index contributed by atoms with van der Waals surface area (Å²) in [6.45, 7) is 15.3. The third-order valence-corrected chi connectivity index (χ3v) is 21.5. The van der Waals surface area contributed by atoms with E-state index in [-0.39, 0.29) is 46.0 Å². The van der Waals surface area contributed by atoms with E-state index in [1.807, 2.05) is 0 Å². The lowest BCUT2D eigenvalue weighted by Gasteiger charge is -2.72. The Balaban J connectivity index is 0.956. The van der Waals surface area contributed by atoms with Crippen LogP contribution in [-0.4, -0.2) is 233 Å². The van der Waals surface area contributed by atoms with E-state index in [0.29, 0.717) is 12.8 Å². The molecule has 0 unspecified atom stereocenters. The summed E-state index contributed by atoms with van der Waals surface area (Å²) >= 11 is 0. The number of rotatable bonds is 12. The summed E-state index contributed by atoms with van der Waals surface area (Å²) in [5.41, 5.74) is -0.300. The molecule has 22 nitrogen and oxygen atoms in total. The summed E-state index contributed by atoms with van der Waals surface area (Å²) in [5, 5.41) is 153. The first-order valence-corrected chi connectivity index (χ1v) is 27.8. The zero-order valence-corrected chi connectivity index (χ0v) is 45.2. The van der Waals surface area contributed by atoms with Crippen LogP contribution in [-0.2, 0) is 37.9 Å². The Bertz CT molecular complexity index is 2050. The molecule has 4 aliphatic heterocycles. The molecule has 0 aromatic heterocycles. The van der Waals surface area contributed by atoms with Crippen molar-refractivity contribution in [1.29, 1.82) is 0 Å². The van der Waals surface area contributed by atoms with Crippen LogP contribution in [0.15, 0.2) is 11.6 Å². The first kappa shape index (κ1) is 59.5. The van der Waals surface area contributed by atoms with Gasteiger partial charge in [-0.1, -0.05) is 60.1 Å². The molecule has 9 aliphatic rings. The molecule has 8 fully saturated rings. The van der Waals surface area contributed by atoms with Crippen LogP contribution in [0.2, 0.25) is 0 Å². The van der Waals surface area contributed by atoms with Crippen LogP contribution in [0.3, 0.4) is 0 Å². The Kier molecular flexibility index (Phi) is 16.9. The van der Waals surface area contributed by atoms with E-state index >= 15 is 0 Å². The average molecular weight is 1090 g/mol. The van der Waals surface area contributed by atoms with Crippen molar-refractivity contribution in [1.82, 2.24) is 0 Å². The summed E-state index contributed by atoms with van der Waals surface area (Å²) in [6.07, 6.45) is -24.9. The minimum atomic E-state index is -1.99. The van der Waals surface area contributed by atoms with Crippen molar-refractivity contribution in [3.8, 4) is 0 Å². The second kappa shape index (κ2) is 21.6. The van der Waals surface area contributed by atoms with Gasteiger partial charge in [0.2, 0.25) is 0 Å². The van der Waals surface area contributed by atoms with Gasteiger partial charge in [0.15, 0.2) is 25.2 Å². The topological polar surface area (TPSA) is 357 Å². The van der Waals surface area contributed by atoms with Gasteiger partial charge in [0.25, 0.3) is 0 Å². The van der Waals surface area contributed by atoms with Gasteiger partial charge in [-0.2, -0.15) is 0 Å². The molecular weight excluding hydrogens is 1000 g/mol. The first-order chi connectivity index (χ1) is 35.5. The molecule has 5 aliphatic carbocycles. The van der Waals surface area contributed by atoms with E-state index in [9.17, 15) is 71.5 Å². The predicted octanol–water partition coefficient (Wildman–Crippen LogP) is -1.56. The van der Waals surface area contributed by atoms with Crippen molar-refractivity contribution in [2.75, 3.05) is 26.4 Å². The summed E-state index contributed by atoms with van der Waals surface area (Å²) in [5.74, 6) is 0.425. The number of hydrogen-bond acceptors (Lipinski definition) is 22. The van der Waals surface area contributed by atoms with Crippen molar-refractivity contribution >= 4 is 0 Å². The maximum atomic E-state index is 12.4.